The number of alkyl halides is 1. The third-order valence-electron chi connectivity index (χ3n) is 7.50. The molecule has 0 spiro atoms. The van der Waals surface area contributed by atoms with E-state index in [0.717, 1.165) is 29.6 Å². The first kappa shape index (κ1) is 14.5. The van der Waals surface area contributed by atoms with Crippen LogP contribution in [0, 0.1) is 29.6 Å². The summed E-state index contributed by atoms with van der Waals surface area (Å²) in [5.41, 5.74) is -0.0720. The van der Waals surface area contributed by atoms with Crippen LogP contribution in [0.15, 0.2) is 0 Å². The first-order chi connectivity index (χ1) is 10.7. The van der Waals surface area contributed by atoms with Crippen LogP contribution in [0.2, 0.25) is 0 Å². The van der Waals surface area contributed by atoms with E-state index >= 15 is 0 Å². The van der Waals surface area contributed by atoms with Gasteiger partial charge in [-0.05, 0) is 93.8 Å². The average molecular weight is 325 g/mol. The molecule has 4 atom stereocenters. The van der Waals surface area contributed by atoms with Crippen molar-refractivity contribution in [2.75, 3.05) is 6.61 Å². The molecule has 6 fully saturated rings. The largest absolute Gasteiger partial charge is 0.371 e. The third-order valence-corrected chi connectivity index (χ3v) is 7.73. The van der Waals surface area contributed by atoms with Crippen LogP contribution < -0.4 is 0 Å². The van der Waals surface area contributed by atoms with Crippen molar-refractivity contribution in [3.05, 3.63) is 0 Å². The Hall–Kier alpha value is 0.210. The fourth-order valence-electron chi connectivity index (χ4n) is 7.03. The van der Waals surface area contributed by atoms with E-state index in [9.17, 15) is 0 Å². The molecule has 0 aromatic heterocycles. The molecule has 0 radical (unpaired) electrons. The molecular formula is C19H29ClO2. The lowest BCUT2D eigenvalue weighted by Gasteiger charge is -2.56. The number of ether oxygens (including phenoxy) is 2. The zero-order chi connectivity index (χ0) is 14.7. The maximum absolute atomic E-state index is 6.49. The van der Waals surface area contributed by atoms with E-state index in [0.29, 0.717) is 12.7 Å². The summed E-state index contributed by atoms with van der Waals surface area (Å²) in [6, 6.07) is 0. The van der Waals surface area contributed by atoms with E-state index in [1.54, 1.807) is 0 Å². The number of hydrogen-bond donors (Lipinski definition) is 0. The summed E-state index contributed by atoms with van der Waals surface area (Å²) < 4.78 is 12.6. The highest BCUT2D eigenvalue weighted by atomic mass is 35.5. The SMILES string of the molecule is ClC(COC12CC3CC(CC(C3)C1)C2)OC1CC2CCC1C2. The molecule has 6 bridgehead atoms. The molecule has 0 heterocycles. The molecule has 6 aliphatic carbocycles. The Kier molecular flexibility index (Phi) is 3.54. The van der Waals surface area contributed by atoms with Crippen molar-refractivity contribution in [3.63, 3.8) is 0 Å². The van der Waals surface area contributed by atoms with Crippen molar-refractivity contribution in [1.82, 2.24) is 0 Å². The maximum atomic E-state index is 6.49. The maximum Gasteiger partial charge on any atom is 0.154 e. The molecule has 22 heavy (non-hydrogen) atoms. The molecule has 0 saturated heterocycles. The third kappa shape index (κ3) is 2.54. The molecule has 4 unspecified atom stereocenters. The monoisotopic (exact) mass is 324 g/mol. The van der Waals surface area contributed by atoms with Gasteiger partial charge in [-0.3, -0.25) is 0 Å². The second-order valence-electron chi connectivity index (χ2n) is 9.17. The van der Waals surface area contributed by atoms with Crippen LogP contribution in [-0.4, -0.2) is 23.9 Å². The lowest BCUT2D eigenvalue weighted by Crippen LogP contribution is -2.52. The van der Waals surface area contributed by atoms with E-state index in [4.69, 9.17) is 21.1 Å². The van der Waals surface area contributed by atoms with Crippen LogP contribution in [0.4, 0.5) is 0 Å². The standard InChI is InChI=1S/C19H29ClO2/c20-18(22-17-7-12-1-2-16(17)6-12)11-21-19-8-13-3-14(9-19)5-15(4-13)10-19/h12-18H,1-11H2. The summed E-state index contributed by atoms with van der Waals surface area (Å²) in [5, 5.41) is 0. The summed E-state index contributed by atoms with van der Waals surface area (Å²) in [6.07, 6.45) is 14.1. The quantitative estimate of drug-likeness (QED) is 0.680. The first-order valence-electron chi connectivity index (χ1n) is 9.61. The molecule has 6 saturated carbocycles. The highest BCUT2D eigenvalue weighted by molar-refractivity contribution is 6.19. The lowest BCUT2D eigenvalue weighted by molar-refractivity contribution is -0.177. The van der Waals surface area contributed by atoms with Gasteiger partial charge in [0.2, 0.25) is 0 Å². The summed E-state index contributed by atoms with van der Waals surface area (Å²) >= 11 is 6.49. The van der Waals surface area contributed by atoms with Gasteiger partial charge in [-0.25, -0.2) is 0 Å². The van der Waals surface area contributed by atoms with Crippen molar-refractivity contribution < 1.29 is 9.47 Å². The topological polar surface area (TPSA) is 18.5 Å². The molecule has 0 amide bonds. The minimum Gasteiger partial charge on any atom is -0.371 e. The van der Waals surface area contributed by atoms with Gasteiger partial charge in [-0.2, -0.15) is 0 Å². The van der Waals surface area contributed by atoms with E-state index < -0.39 is 0 Å². The van der Waals surface area contributed by atoms with Gasteiger partial charge >= 0.3 is 0 Å². The molecular weight excluding hydrogens is 296 g/mol. The Balaban J connectivity index is 1.15. The number of fused-ring (bicyclic) bond motifs is 2. The van der Waals surface area contributed by atoms with Gasteiger partial charge in [0.1, 0.15) is 0 Å². The number of halogens is 1. The summed E-state index contributed by atoms with van der Waals surface area (Å²) in [7, 11) is 0. The van der Waals surface area contributed by atoms with E-state index in [-0.39, 0.29) is 11.2 Å². The average Bonchev–Trinajstić information content (AvgIpc) is 3.06. The molecule has 3 heteroatoms. The van der Waals surface area contributed by atoms with Crippen LogP contribution in [0.1, 0.15) is 64.2 Å². The fraction of sp³-hybridized carbons (Fsp3) is 1.00. The lowest BCUT2D eigenvalue weighted by atomic mass is 9.54. The van der Waals surface area contributed by atoms with Gasteiger partial charge in [0.15, 0.2) is 5.56 Å². The first-order valence-corrected chi connectivity index (χ1v) is 10.0. The smallest absolute Gasteiger partial charge is 0.154 e. The van der Waals surface area contributed by atoms with E-state index in [1.807, 2.05) is 0 Å². The Morgan fingerprint density at radius 2 is 1.55 bits per heavy atom. The number of hydrogen-bond acceptors (Lipinski definition) is 2. The molecule has 2 nitrogen and oxygen atoms in total. The van der Waals surface area contributed by atoms with Gasteiger partial charge in [-0.15, -0.1) is 0 Å². The summed E-state index contributed by atoms with van der Waals surface area (Å²) in [4.78, 5) is 0. The predicted molar refractivity (Wildman–Crippen MR) is 86.8 cm³/mol. The van der Waals surface area contributed by atoms with Crippen molar-refractivity contribution in [1.29, 1.82) is 0 Å². The van der Waals surface area contributed by atoms with Crippen molar-refractivity contribution in [2.45, 2.75) is 81.5 Å². The summed E-state index contributed by atoms with van der Waals surface area (Å²) in [6.45, 7) is 0.599. The van der Waals surface area contributed by atoms with Crippen LogP contribution >= 0.6 is 11.6 Å². The normalized spacial score (nSPS) is 53.3. The highest BCUT2D eigenvalue weighted by Crippen LogP contribution is 2.57. The second-order valence-corrected chi connectivity index (χ2v) is 9.66. The second kappa shape index (κ2) is 5.36. The van der Waals surface area contributed by atoms with Gasteiger partial charge in [-0.1, -0.05) is 11.6 Å². The Morgan fingerprint density at radius 3 is 2.09 bits per heavy atom. The van der Waals surface area contributed by atoms with Gasteiger partial charge < -0.3 is 9.47 Å². The minimum atomic E-state index is -0.239. The molecule has 6 rings (SSSR count). The highest BCUT2D eigenvalue weighted by Gasteiger charge is 2.52. The molecule has 0 aliphatic heterocycles. The molecule has 0 aromatic carbocycles. The Morgan fingerprint density at radius 1 is 0.864 bits per heavy atom. The Bertz CT molecular complexity index is 402. The van der Waals surface area contributed by atoms with E-state index in [2.05, 4.69) is 0 Å². The van der Waals surface area contributed by atoms with Crippen molar-refractivity contribution in [3.8, 4) is 0 Å². The van der Waals surface area contributed by atoms with Gasteiger partial charge in [0.05, 0.1) is 18.3 Å². The minimum absolute atomic E-state index is 0.167. The molecule has 124 valence electrons. The molecule has 0 aromatic rings. The van der Waals surface area contributed by atoms with Gasteiger partial charge in [0, 0.05) is 0 Å². The van der Waals surface area contributed by atoms with Crippen LogP contribution in [0.3, 0.4) is 0 Å². The van der Waals surface area contributed by atoms with Gasteiger partial charge in [0.25, 0.3) is 0 Å². The predicted octanol–water partition coefficient (Wildman–Crippen LogP) is 4.74. The zero-order valence-corrected chi connectivity index (χ0v) is 14.3. The van der Waals surface area contributed by atoms with Crippen LogP contribution in [0.25, 0.3) is 0 Å². The van der Waals surface area contributed by atoms with Crippen LogP contribution in [-0.2, 0) is 9.47 Å². The number of rotatable bonds is 5. The Labute approximate surface area is 139 Å². The summed E-state index contributed by atoms with van der Waals surface area (Å²) in [5.74, 6) is 4.51. The molecule has 6 aliphatic rings. The molecule has 0 N–H and O–H groups in total. The fourth-order valence-corrected chi connectivity index (χ4v) is 7.23. The zero-order valence-electron chi connectivity index (χ0n) is 13.5. The van der Waals surface area contributed by atoms with Crippen LogP contribution in [0.5, 0.6) is 0 Å². The van der Waals surface area contributed by atoms with Crippen molar-refractivity contribution >= 4 is 11.6 Å². The van der Waals surface area contributed by atoms with E-state index in [1.165, 1.54) is 64.2 Å². The van der Waals surface area contributed by atoms with Crippen molar-refractivity contribution in [2.24, 2.45) is 29.6 Å².